The van der Waals surface area contributed by atoms with Gasteiger partial charge in [-0.15, -0.1) is 0 Å². The van der Waals surface area contributed by atoms with Crippen LogP contribution in [0.15, 0.2) is 18.5 Å². The fourth-order valence-corrected chi connectivity index (χ4v) is 1.02. The Morgan fingerprint density at radius 3 is 2.50 bits per heavy atom. The molecule has 0 aliphatic heterocycles. The van der Waals surface area contributed by atoms with Crippen LogP contribution in [0.1, 0.15) is 11.6 Å². The van der Waals surface area contributed by atoms with Gasteiger partial charge in [0.1, 0.15) is 6.04 Å². The number of hydrazine groups is 1. The lowest BCUT2D eigenvalue weighted by Gasteiger charge is -2.20. The van der Waals surface area contributed by atoms with Gasteiger partial charge >= 0.3 is 6.18 Å². The second kappa shape index (κ2) is 3.81. The Balaban J connectivity index is 3.08. The van der Waals surface area contributed by atoms with Crippen LogP contribution < -0.4 is 17.0 Å². The average molecular weight is 206 g/mol. The third kappa shape index (κ3) is 2.12. The number of aromatic nitrogens is 1. The molecule has 1 aromatic rings. The SMILES string of the molecule is NNC(c1cnccc1N)C(F)(F)F. The zero-order valence-corrected chi connectivity index (χ0v) is 7.05. The van der Waals surface area contributed by atoms with Crippen LogP contribution in [0.3, 0.4) is 0 Å². The Bertz CT molecular complexity index is 312. The van der Waals surface area contributed by atoms with Crippen molar-refractivity contribution in [2.75, 3.05) is 5.73 Å². The Hall–Kier alpha value is -1.34. The highest BCUT2D eigenvalue weighted by atomic mass is 19.4. The first kappa shape index (κ1) is 10.7. The highest BCUT2D eigenvalue weighted by molar-refractivity contribution is 5.46. The van der Waals surface area contributed by atoms with Gasteiger partial charge in [0.15, 0.2) is 0 Å². The summed E-state index contributed by atoms with van der Waals surface area (Å²) >= 11 is 0. The van der Waals surface area contributed by atoms with E-state index in [9.17, 15) is 13.2 Å². The van der Waals surface area contributed by atoms with Crippen molar-refractivity contribution in [1.82, 2.24) is 10.4 Å². The van der Waals surface area contributed by atoms with Gasteiger partial charge in [-0.3, -0.25) is 10.8 Å². The first-order valence-corrected chi connectivity index (χ1v) is 3.69. The fourth-order valence-electron chi connectivity index (χ4n) is 1.02. The first-order chi connectivity index (χ1) is 6.46. The van der Waals surface area contributed by atoms with Crippen LogP contribution >= 0.6 is 0 Å². The number of alkyl halides is 3. The molecule has 0 amide bonds. The van der Waals surface area contributed by atoms with Crippen molar-refractivity contribution in [2.45, 2.75) is 12.2 Å². The second-order valence-corrected chi connectivity index (χ2v) is 2.65. The topological polar surface area (TPSA) is 77.0 Å². The number of hydrogen-bond acceptors (Lipinski definition) is 4. The summed E-state index contributed by atoms with van der Waals surface area (Å²) in [5, 5.41) is 0. The summed E-state index contributed by atoms with van der Waals surface area (Å²) in [6.45, 7) is 0. The number of nitrogens with zero attached hydrogens (tertiary/aromatic N) is 1. The molecule has 1 unspecified atom stereocenters. The fraction of sp³-hybridized carbons (Fsp3) is 0.286. The monoisotopic (exact) mass is 206 g/mol. The van der Waals surface area contributed by atoms with Crippen LogP contribution in [-0.2, 0) is 0 Å². The molecule has 1 rings (SSSR count). The number of nitrogen functional groups attached to an aromatic ring is 1. The van der Waals surface area contributed by atoms with E-state index in [4.69, 9.17) is 11.6 Å². The third-order valence-corrected chi connectivity index (χ3v) is 1.69. The lowest BCUT2D eigenvalue weighted by atomic mass is 10.1. The zero-order valence-electron chi connectivity index (χ0n) is 7.05. The molecule has 0 saturated carbocycles. The largest absolute Gasteiger partial charge is 0.409 e. The Labute approximate surface area is 78.1 Å². The standard InChI is InChI=1S/C7H9F3N4/c8-7(9,10)6(14-12)4-3-13-2-1-5(4)11/h1-3,6,14H,12H2,(H2,11,13). The van der Waals surface area contributed by atoms with Gasteiger partial charge in [-0.2, -0.15) is 13.2 Å². The maximum Gasteiger partial charge on any atom is 0.409 e. The highest BCUT2D eigenvalue weighted by Gasteiger charge is 2.41. The zero-order chi connectivity index (χ0) is 10.8. The number of nitrogens with one attached hydrogen (secondary N) is 1. The summed E-state index contributed by atoms with van der Waals surface area (Å²) in [5.74, 6) is 4.81. The molecular weight excluding hydrogens is 197 g/mol. The van der Waals surface area contributed by atoms with Gasteiger partial charge in [0.05, 0.1) is 0 Å². The van der Waals surface area contributed by atoms with E-state index in [-0.39, 0.29) is 11.3 Å². The molecule has 0 aliphatic rings. The number of pyridine rings is 1. The number of hydrogen-bond donors (Lipinski definition) is 3. The van der Waals surface area contributed by atoms with Gasteiger partial charge in [0, 0.05) is 23.6 Å². The molecule has 0 bridgehead atoms. The van der Waals surface area contributed by atoms with E-state index in [2.05, 4.69) is 4.98 Å². The first-order valence-electron chi connectivity index (χ1n) is 3.69. The predicted octanol–water partition coefficient (Wildman–Crippen LogP) is 0.730. The summed E-state index contributed by atoms with van der Waals surface area (Å²) in [6, 6.07) is -0.706. The smallest absolute Gasteiger partial charge is 0.398 e. The molecule has 0 fully saturated rings. The molecular formula is C7H9F3N4. The number of anilines is 1. The van der Waals surface area contributed by atoms with Crippen LogP contribution in [0, 0.1) is 0 Å². The highest BCUT2D eigenvalue weighted by Crippen LogP contribution is 2.33. The van der Waals surface area contributed by atoms with Gasteiger partial charge in [-0.1, -0.05) is 0 Å². The quantitative estimate of drug-likeness (QED) is 0.492. The van der Waals surface area contributed by atoms with Gasteiger partial charge in [0.2, 0.25) is 0 Å². The van der Waals surface area contributed by atoms with E-state index < -0.39 is 12.2 Å². The van der Waals surface area contributed by atoms with Crippen molar-refractivity contribution in [2.24, 2.45) is 5.84 Å². The van der Waals surface area contributed by atoms with E-state index in [1.54, 1.807) is 5.43 Å². The number of halogens is 3. The van der Waals surface area contributed by atoms with Gasteiger partial charge in [-0.25, -0.2) is 5.43 Å². The van der Waals surface area contributed by atoms with E-state index >= 15 is 0 Å². The minimum absolute atomic E-state index is 0.000255. The molecule has 0 aliphatic carbocycles. The molecule has 78 valence electrons. The van der Waals surface area contributed by atoms with Crippen LogP contribution in [0.2, 0.25) is 0 Å². The van der Waals surface area contributed by atoms with Crippen LogP contribution in [0.25, 0.3) is 0 Å². The molecule has 5 N–H and O–H groups in total. The van der Waals surface area contributed by atoms with Crippen molar-refractivity contribution in [1.29, 1.82) is 0 Å². The van der Waals surface area contributed by atoms with Crippen molar-refractivity contribution < 1.29 is 13.2 Å². The van der Waals surface area contributed by atoms with Crippen molar-refractivity contribution in [3.8, 4) is 0 Å². The van der Waals surface area contributed by atoms with Crippen LogP contribution in [0.5, 0.6) is 0 Å². The molecule has 1 aromatic heterocycles. The second-order valence-electron chi connectivity index (χ2n) is 2.65. The lowest BCUT2D eigenvalue weighted by molar-refractivity contribution is -0.157. The molecule has 1 heterocycles. The summed E-state index contributed by atoms with van der Waals surface area (Å²) in [5.41, 5.74) is 6.83. The van der Waals surface area contributed by atoms with E-state index in [1.165, 1.54) is 12.3 Å². The summed E-state index contributed by atoms with van der Waals surface area (Å²) in [4.78, 5) is 3.55. The third-order valence-electron chi connectivity index (χ3n) is 1.69. The maximum absolute atomic E-state index is 12.4. The molecule has 1 atom stereocenters. The van der Waals surface area contributed by atoms with E-state index in [0.717, 1.165) is 6.20 Å². The van der Waals surface area contributed by atoms with E-state index in [1.807, 2.05) is 0 Å². The van der Waals surface area contributed by atoms with Gasteiger partial charge in [-0.05, 0) is 6.07 Å². The molecule has 0 spiro atoms. The maximum atomic E-state index is 12.4. The Kier molecular flexibility index (Phi) is 2.92. The Morgan fingerprint density at radius 1 is 1.43 bits per heavy atom. The minimum Gasteiger partial charge on any atom is -0.398 e. The summed E-state index contributed by atoms with van der Waals surface area (Å²) in [6.07, 6.45) is -2.15. The average Bonchev–Trinajstić information content (AvgIpc) is 2.07. The van der Waals surface area contributed by atoms with Crippen molar-refractivity contribution in [3.05, 3.63) is 24.0 Å². The Morgan fingerprint density at radius 2 is 2.07 bits per heavy atom. The molecule has 4 nitrogen and oxygen atoms in total. The molecule has 14 heavy (non-hydrogen) atoms. The molecule has 0 saturated heterocycles. The van der Waals surface area contributed by atoms with Gasteiger partial charge in [0.25, 0.3) is 0 Å². The van der Waals surface area contributed by atoms with Gasteiger partial charge < -0.3 is 5.73 Å². The number of rotatable bonds is 2. The molecule has 0 aromatic carbocycles. The van der Waals surface area contributed by atoms with Crippen molar-refractivity contribution in [3.63, 3.8) is 0 Å². The van der Waals surface area contributed by atoms with Crippen LogP contribution in [-0.4, -0.2) is 11.2 Å². The molecule has 7 heteroatoms. The lowest BCUT2D eigenvalue weighted by Crippen LogP contribution is -2.38. The predicted molar refractivity (Wildman–Crippen MR) is 44.8 cm³/mol. The normalized spacial score (nSPS) is 14.0. The minimum atomic E-state index is -4.49. The summed E-state index contributed by atoms with van der Waals surface area (Å²) in [7, 11) is 0. The van der Waals surface area contributed by atoms with Crippen molar-refractivity contribution >= 4 is 5.69 Å². The number of nitrogens with two attached hydrogens (primary N) is 2. The molecule has 0 radical (unpaired) electrons. The van der Waals surface area contributed by atoms with E-state index in [0.29, 0.717) is 0 Å². The summed E-state index contributed by atoms with van der Waals surface area (Å²) < 4.78 is 37.1. The van der Waals surface area contributed by atoms with Crippen LogP contribution in [0.4, 0.5) is 18.9 Å².